The minimum atomic E-state index is 0. The Bertz CT molecular complexity index is 432. The second kappa shape index (κ2) is 8.57. The first-order valence-corrected chi connectivity index (χ1v) is 7.24. The number of halogens is 2. The van der Waals surface area contributed by atoms with E-state index in [1.165, 1.54) is 18.4 Å². The molecule has 6 heteroatoms. The van der Waals surface area contributed by atoms with Crippen molar-refractivity contribution < 1.29 is 4.79 Å². The molecule has 0 aliphatic carbocycles. The van der Waals surface area contributed by atoms with Gasteiger partial charge >= 0.3 is 0 Å². The second-order valence-electron chi connectivity index (χ2n) is 5.73. The lowest BCUT2D eigenvalue weighted by molar-refractivity contribution is -0.122. The number of piperidine rings is 1. The van der Waals surface area contributed by atoms with Gasteiger partial charge in [0.15, 0.2) is 0 Å². The zero-order chi connectivity index (χ0) is 13.1. The largest absolute Gasteiger partial charge is 0.353 e. The van der Waals surface area contributed by atoms with Gasteiger partial charge in [-0.3, -0.25) is 9.78 Å². The molecule has 0 saturated carbocycles. The Morgan fingerprint density at radius 3 is 2.43 bits per heavy atom. The van der Waals surface area contributed by atoms with Crippen molar-refractivity contribution in [2.45, 2.75) is 56.7 Å². The molecule has 2 N–H and O–H groups in total. The molecule has 0 aromatic carbocycles. The van der Waals surface area contributed by atoms with E-state index in [4.69, 9.17) is 0 Å². The predicted molar refractivity (Wildman–Crippen MR) is 88.2 cm³/mol. The van der Waals surface area contributed by atoms with E-state index >= 15 is 0 Å². The number of carbonyl (C=O) groups excluding carboxylic acids is 1. The molecule has 2 saturated heterocycles. The van der Waals surface area contributed by atoms with Crippen LogP contribution in [0.5, 0.6) is 0 Å². The number of rotatable bonds is 4. The highest BCUT2D eigenvalue weighted by Gasteiger charge is 2.33. The number of pyridine rings is 1. The summed E-state index contributed by atoms with van der Waals surface area (Å²) in [6.45, 7) is 0. The minimum Gasteiger partial charge on any atom is -0.353 e. The van der Waals surface area contributed by atoms with Crippen molar-refractivity contribution in [1.82, 2.24) is 15.6 Å². The van der Waals surface area contributed by atoms with Crippen LogP contribution in [0.3, 0.4) is 0 Å². The number of aromatic nitrogens is 1. The Balaban J connectivity index is 0.00000110. The van der Waals surface area contributed by atoms with E-state index in [2.05, 4.69) is 15.6 Å². The minimum absolute atomic E-state index is 0. The van der Waals surface area contributed by atoms with Gasteiger partial charge in [0.25, 0.3) is 0 Å². The molecule has 1 aromatic rings. The van der Waals surface area contributed by atoms with Crippen molar-refractivity contribution in [3.05, 3.63) is 30.1 Å². The molecule has 2 atom stereocenters. The lowest BCUT2D eigenvalue weighted by atomic mass is 9.99. The number of aryl methyl sites for hydroxylation is 1. The van der Waals surface area contributed by atoms with Gasteiger partial charge in [-0.2, -0.15) is 0 Å². The van der Waals surface area contributed by atoms with Gasteiger partial charge in [0.05, 0.1) is 0 Å². The molecule has 0 spiro atoms. The molecule has 0 radical (unpaired) electrons. The van der Waals surface area contributed by atoms with E-state index in [1.807, 2.05) is 12.1 Å². The second-order valence-corrected chi connectivity index (χ2v) is 5.73. The Kier molecular flexibility index (Phi) is 7.43. The Morgan fingerprint density at radius 1 is 1.19 bits per heavy atom. The van der Waals surface area contributed by atoms with Gasteiger partial charge in [0.2, 0.25) is 5.91 Å². The molecule has 21 heavy (non-hydrogen) atoms. The van der Waals surface area contributed by atoms with Gasteiger partial charge in [0.1, 0.15) is 0 Å². The van der Waals surface area contributed by atoms with Crippen LogP contribution < -0.4 is 10.6 Å². The van der Waals surface area contributed by atoms with Crippen LogP contribution in [0.2, 0.25) is 0 Å². The molecule has 2 unspecified atom stereocenters. The van der Waals surface area contributed by atoms with E-state index in [1.54, 1.807) is 12.4 Å². The van der Waals surface area contributed by atoms with Crippen LogP contribution in [0, 0.1) is 0 Å². The summed E-state index contributed by atoms with van der Waals surface area (Å²) >= 11 is 0. The highest BCUT2D eigenvalue weighted by molar-refractivity contribution is 5.85. The van der Waals surface area contributed by atoms with Gasteiger partial charge in [-0.15, -0.1) is 24.8 Å². The van der Waals surface area contributed by atoms with Crippen LogP contribution in [-0.2, 0) is 11.2 Å². The monoisotopic (exact) mass is 331 g/mol. The molecule has 3 heterocycles. The van der Waals surface area contributed by atoms with Crippen molar-refractivity contribution in [1.29, 1.82) is 0 Å². The molecule has 2 bridgehead atoms. The van der Waals surface area contributed by atoms with Crippen LogP contribution in [0.25, 0.3) is 0 Å². The predicted octanol–water partition coefficient (Wildman–Crippen LogP) is 2.26. The van der Waals surface area contributed by atoms with Gasteiger partial charge in [-0.1, -0.05) is 0 Å². The molecule has 1 amide bonds. The third-order valence-electron chi connectivity index (χ3n) is 4.23. The van der Waals surface area contributed by atoms with E-state index in [0.717, 1.165) is 19.3 Å². The molecular formula is C15H23Cl2N3O. The SMILES string of the molecule is Cl.Cl.O=C(CCc1ccncc1)NC1CC2CCC(C1)N2. The quantitative estimate of drug-likeness (QED) is 0.889. The van der Waals surface area contributed by atoms with Crippen LogP contribution in [-0.4, -0.2) is 29.0 Å². The van der Waals surface area contributed by atoms with Crippen LogP contribution in [0.4, 0.5) is 0 Å². The van der Waals surface area contributed by atoms with Gasteiger partial charge < -0.3 is 10.6 Å². The average Bonchev–Trinajstić information content (AvgIpc) is 2.77. The number of carbonyl (C=O) groups is 1. The number of amides is 1. The zero-order valence-electron chi connectivity index (χ0n) is 12.0. The smallest absolute Gasteiger partial charge is 0.220 e. The summed E-state index contributed by atoms with van der Waals surface area (Å²) in [4.78, 5) is 16.0. The van der Waals surface area contributed by atoms with Crippen LogP contribution in [0.1, 0.15) is 37.7 Å². The lowest BCUT2D eigenvalue weighted by Gasteiger charge is -2.29. The molecule has 2 aliphatic heterocycles. The fraction of sp³-hybridized carbons (Fsp3) is 0.600. The third-order valence-corrected chi connectivity index (χ3v) is 4.23. The molecule has 118 valence electrons. The summed E-state index contributed by atoms with van der Waals surface area (Å²) in [6, 6.07) is 5.58. The number of fused-ring (bicyclic) bond motifs is 2. The highest BCUT2D eigenvalue weighted by atomic mass is 35.5. The van der Waals surface area contributed by atoms with E-state index in [0.29, 0.717) is 24.5 Å². The summed E-state index contributed by atoms with van der Waals surface area (Å²) in [5.74, 6) is 0.183. The van der Waals surface area contributed by atoms with Crippen molar-refractivity contribution >= 4 is 30.7 Å². The van der Waals surface area contributed by atoms with Crippen molar-refractivity contribution in [2.75, 3.05) is 0 Å². The lowest BCUT2D eigenvalue weighted by Crippen LogP contribution is -2.48. The van der Waals surface area contributed by atoms with Crippen LogP contribution >= 0.6 is 24.8 Å². The summed E-state index contributed by atoms with van der Waals surface area (Å²) in [5, 5.41) is 6.79. The molecule has 3 rings (SSSR count). The van der Waals surface area contributed by atoms with E-state index in [9.17, 15) is 4.79 Å². The molecule has 2 fully saturated rings. The van der Waals surface area contributed by atoms with E-state index < -0.39 is 0 Å². The Hall–Kier alpha value is -0.840. The Labute approximate surface area is 138 Å². The van der Waals surface area contributed by atoms with Gasteiger partial charge in [-0.25, -0.2) is 0 Å². The number of nitrogens with zero attached hydrogens (tertiary/aromatic N) is 1. The normalized spacial score (nSPS) is 26.4. The summed E-state index contributed by atoms with van der Waals surface area (Å²) in [6.07, 6.45) is 9.65. The Morgan fingerprint density at radius 2 is 1.81 bits per heavy atom. The summed E-state index contributed by atoms with van der Waals surface area (Å²) in [5.41, 5.74) is 1.18. The summed E-state index contributed by atoms with van der Waals surface area (Å²) < 4.78 is 0. The number of nitrogens with one attached hydrogen (secondary N) is 2. The maximum absolute atomic E-state index is 12.0. The molecule has 4 nitrogen and oxygen atoms in total. The molecular weight excluding hydrogens is 309 g/mol. The maximum atomic E-state index is 12.0. The molecule has 1 aromatic heterocycles. The van der Waals surface area contributed by atoms with E-state index in [-0.39, 0.29) is 30.7 Å². The van der Waals surface area contributed by atoms with Crippen molar-refractivity contribution in [3.63, 3.8) is 0 Å². The maximum Gasteiger partial charge on any atom is 0.220 e. The van der Waals surface area contributed by atoms with Gasteiger partial charge in [-0.05, 0) is 49.8 Å². The summed E-state index contributed by atoms with van der Waals surface area (Å²) in [7, 11) is 0. The highest BCUT2D eigenvalue weighted by Crippen LogP contribution is 2.26. The van der Waals surface area contributed by atoms with Gasteiger partial charge in [0, 0.05) is 36.9 Å². The number of hydrogen-bond donors (Lipinski definition) is 2. The van der Waals surface area contributed by atoms with Crippen molar-refractivity contribution in [3.8, 4) is 0 Å². The first kappa shape index (κ1) is 18.2. The topological polar surface area (TPSA) is 54.0 Å². The fourth-order valence-electron chi connectivity index (χ4n) is 3.28. The fourth-order valence-corrected chi connectivity index (χ4v) is 3.28. The standard InChI is InChI=1S/C15H21N3O.2ClH/c19-15(4-1-11-5-7-16-8-6-11)18-14-9-12-2-3-13(10-14)17-12;;/h5-8,12-14,17H,1-4,9-10H2,(H,18,19);2*1H. The number of hydrogen-bond acceptors (Lipinski definition) is 3. The van der Waals surface area contributed by atoms with Crippen molar-refractivity contribution in [2.24, 2.45) is 0 Å². The zero-order valence-corrected chi connectivity index (χ0v) is 13.6. The van der Waals surface area contributed by atoms with Crippen LogP contribution in [0.15, 0.2) is 24.5 Å². The third kappa shape index (κ3) is 5.13. The molecule has 2 aliphatic rings. The first-order chi connectivity index (χ1) is 9.29. The first-order valence-electron chi connectivity index (χ1n) is 7.24. The average molecular weight is 332 g/mol.